The van der Waals surface area contributed by atoms with Crippen LogP contribution in [-0.2, 0) is 10.4 Å². The quantitative estimate of drug-likeness (QED) is 0.522. The molecule has 0 bridgehead atoms. The van der Waals surface area contributed by atoms with Gasteiger partial charge in [0.25, 0.3) is 0 Å². The molecule has 0 aromatic carbocycles. The topological polar surface area (TPSA) is 74.6 Å². The maximum Gasteiger partial charge on any atom is 0.394 e. The molecule has 0 aromatic rings. The van der Waals surface area contributed by atoms with Gasteiger partial charge >= 0.3 is 10.4 Å². The summed E-state index contributed by atoms with van der Waals surface area (Å²) in [5.41, 5.74) is 0. The average Bonchev–Trinajstić information content (AvgIpc) is 0.722. The molecule has 2 N–H and O–H groups in total. The summed E-state index contributed by atoms with van der Waals surface area (Å²) in [5, 5.41) is 0. The summed E-state index contributed by atoms with van der Waals surface area (Å²) in [5.74, 6) is 0. The molecule has 0 amide bonds. The van der Waals surface area contributed by atoms with Crippen LogP contribution < -0.4 is 0 Å². The Morgan fingerprint density at radius 2 is 1.17 bits per heavy atom. The predicted octanol–water partition coefficient (Wildman–Crippen LogP) is -1.03. The van der Waals surface area contributed by atoms with Crippen LogP contribution >= 0.6 is 0 Å². The molecule has 0 atom stereocenters. The molecule has 0 heterocycles. The van der Waals surface area contributed by atoms with E-state index in [4.69, 9.17) is 17.5 Å². The Kier molecular flexibility index (Phi) is 6.98. The third-order valence-corrected chi connectivity index (χ3v) is 0. The Bertz CT molecular complexity index is 90.7. The second-order valence-corrected chi connectivity index (χ2v) is 1.34. The van der Waals surface area contributed by atoms with Gasteiger partial charge in [0.1, 0.15) is 0 Å². The van der Waals surface area contributed by atoms with Gasteiger partial charge in [0, 0.05) is 68.9 Å². The molecule has 6 heavy (non-hydrogen) atoms. The van der Waals surface area contributed by atoms with Crippen molar-refractivity contribution in [2.24, 2.45) is 0 Å². The molecule has 33 valence electrons. The zero-order chi connectivity index (χ0) is 4.50. The molecule has 0 aliphatic rings. The van der Waals surface area contributed by atoms with Gasteiger partial charge in [-0.2, -0.15) is 8.42 Å². The van der Waals surface area contributed by atoms with Crippen molar-refractivity contribution < 1.29 is 17.5 Å². The Balaban J connectivity index is 0. The van der Waals surface area contributed by atoms with Crippen LogP contribution in [0, 0.1) is 0 Å². The van der Waals surface area contributed by atoms with Crippen molar-refractivity contribution in [3.05, 3.63) is 0 Å². The summed E-state index contributed by atoms with van der Waals surface area (Å²) in [4.78, 5) is 0. The van der Waals surface area contributed by atoms with Crippen LogP contribution in [0.1, 0.15) is 0 Å². The van der Waals surface area contributed by atoms with E-state index in [2.05, 4.69) is 0 Å². The van der Waals surface area contributed by atoms with E-state index in [0.29, 0.717) is 0 Å². The smallest absolute Gasteiger partial charge is 0.264 e. The van der Waals surface area contributed by atoms with Crippen molar-refractivity contribution in [3.63, 3.8) is 0 Å². The van der Waals surface area contributed by atoms with Crippen molar-refractivity contribution in [1.82, 2.24) is 0 Å². The Morgan fingerprint density at radius 1 is 1.17 bits per heavy atom. The summed E-state index contributed by atoms with van der Waals surface area (Å²) >= 11 is 0. The monoisotopic (exact) mass is 231 g/mol. The van der Waals surface area contributed by atoms with Crippen molar-refractivity contribution >= 4 is 79.3 Å². The second kappa shape index (κ2) is 3.87. The van der Waals surface area contributed by atoms with Crippen LogP contribution in [0.15, 0.2) is 0 Å². The van der Waals surface area contributed by atoms with Crippen LogP contribution in [0.5, 0.6) is 0 Å². The first kappa shape index (κ1) is 10.8. The molecule has 0 aromatic heterocycles. The molecule has 0 saturated carbocycles. The molecule has 0 aliphatic carbocycles. The standard InChI is InChI=1S/Cs.H2O4S/c;1-5(2,3)4/h;(H2,1,2,3,4). The maximum atomic E-state index is 8.74. The van der Waals surface area contributed by atoms with E-state index in [1.807, 2.05) is 0 Å². The Hall–Kier alpha value is 1.92. The van der Waals surface area contributed by atoms with E-state index in [0.717, 1.165) is 0 Å². The van der Waals surface area contributed by atoms with Crippen molar-refractivity contribution in [2.45, 2.75) is 0 Å². The average molecular weight is 231 g/mol. The molecular weight excluding hydrogens is 229 g/mol. The van der Waals surface area contributed by atoms with Gasteiger partial charge in [0.15, 0.2) is 0 Å². The largest absolute Gasteiger partial charge is 0.394 e. The molecule has 1 radical (unpaired) electrons. The van der Waals surface area contributed by atoms with E-state index >= 15 is 0 Å². The van der Waals surface area contributed by atoms with Crippen LogP contribution in [0.25, 0.3) is 0 Å². The molecule has 0 rings (SSSR count). The van der Waals surface area contributed by atoms with Gasteiger partial charge in [-0.05, 0) is 0 Å². The molecule has 0 unspecified atom stereocenters. The van der Waals surface area contributed by atoms with Gasteiger partial charge in [0.05, 0.1) is 0 Å². The summed E-state index contributed by atoms with van der Waals surface area (Å²) < 4.78 is 31.6. The number of rotatable bonds is 0. The Morgan fingerprint density at radius 3 is 1.17 bits per heavy atom. The fourth-order valence-corrected chi connectivity index (χ4v) is 0. The summed E-state index contributed by atoms with van der Waals surface area (Å²) in [6.07, 6.45) is 0. The third kappa shape index (κ3) is 38.8. The van der Waals surface area contributed by atoms with E-state index in [9.17, 15) is 0 Å². The van der Waals surface area contributed by atoms with Gasteiger partial charge in [-0.3, -0.25) is 9.11 Å². The molecule has 0 aliphatic heterocycles. The molecule has 6 heteroatoms. The first-order chi connectivity index (χ1) is 2.00. The van der Waals surface area contributed by atoms with E-state index in [1.54, 1.807) is 0 Å². The minimum atomic E-state index is -4.67. The predicted molar refractivity (Wildman–Crippen MR) is 19.9 cm³/mol. The fourth-order valence-electron chi connectivity index (χ4n) is 0. The second-order valence-electron chi connectivity index (χ2n) is 0.448. The van der Waals surface area contributed by atoms with Gasteiger partial charge in [-0.25, -0.2) is 0 Å². The summed E-state index contributed by atoms with van der Waals surface area (Å²) in [6.45, 7) is 0. The minimum Gasteiger partial charge on any atom is -0.264 e. The van der Waals surface area contributed by atoms with E-state index < -0.39 is 10.4 Å². The summed E-state index contributed by atoms with van der Waals surface area (Å²) in [6, 6.07) is 0. The molecule has 0 spiro atoms. The van der Waals surface area contributed by atoms with Crippen LogP contribution in [0.4, 0.5) is 0 Å². The van der Waals surface area contributed by atoms with Crippen LogP contribution in [0.3, 0.4) is 0 Å². The normalized spacial score (nSPS) is 9.67. The van der Waals surface area contributed by atoms with Gasteiger partial charge in [-0.1, -0.05) is 0 Å². The third-order valence-electron chi connectivity index (χ3n) is 0. The zero-order valence-electron chi connectivity index (χ0n) is 3.12. The molecule has 0 fully saturated rings. The fraction of sp³-hybridized carbons (Fsp3) is 0. The molecular formula is H2CsO4S. The first-order valence-corrected chi connectivity index (χ1v) is 2.10. The zero-order valence-corrected chi connectivity index (χ0v) is 10.2. The van der Waals surface area contributed by atoms with Crippen molar-refractivity contribution in [2.75, 3.05) is 0 Å². The van der Waals surface area contributed by atoms with Gasteiger partial charge < -0.3 is 0 Å². The Labute approximate surface area is 94.3 Å². The summed E-state index contributed by atoms with van der Waals surface area (Å²) in [7, 11) is -4.67. The first-order valence-electron chi connectivity index (χ1n) is 0.698. The minimum absolute atomic E-state index is 0. The van der Waals surface area contributed by atoms with Crippen molar-refractivity contribution in [1.29, 1.82) is 0 Å². The molecule has 4 nitrogen and oxygen atoms in total. The molecule has 0 saturated heterocycles. The maximum absolute atomic E-state index is 8.74. The van der Waals surface area contributed by atoms with Gasteiger partial charge in [-0.15, -0.1) is 0 Å². The van der Waals surface area contributed by atoms with E-state index in [-0.39, 0.29) is 68.9 Å². The number of hydrogen-bond donors (Lipinski definition) is 2. The van der Waals surface area contributed by atoms with Crippen LogP contribution in [-0.4, -0.2) is 86.4 Å². The van der Waals surface area contributed by atoms with E-state index in [1.165, 1.54) is 0 Å². The van der Waals surface area contributed by atoms with Gasteiger partial charge in [0.2, 0.25) is 0 Å². The van der Waals surface area contributed by atoms with Crippen LogP contribution in [0.2, 0.25) is 0 Å². The number of hydrogen-bond acceptors (Lipinski definition) is 2. The SMILES string of the molecule is O=S(=O)(O)O.[Cs]. The van der Waals surface area contributed by atoms with Crippen molar-refractivity contribution in [3.8, 4) is 0 Å².